The highest BCUT2D eigenvalue weighted by molar-refractivity contribution is 5.85. The Balaban J connectivity index is 2.81. The third kappa shape index (κ3) is 3.86. The molecule has 1 rings (SSSR count). The number of amides is 1. The predicted molar refractivity (Wildman–Crippen MR) is 70.5 cm³/mol. The molecule has 0 spiro atoms. The highest BCUT2D eigenvalue weighted by atomic mass is 16.2. The molecule has 0 aliphatic rings. The maximum Gasteiger partial charge on any atom is 0.242 e. The molecule has 0 bridgehead atoms. The van der Waals surface area contributed by atoms with Gasteiger partial charge in [-0.1, -0.05) is 29.8 Å². The molecule has 0 heterocycles. The fourth-order valence-corrected chi connectivity index (χ4v) is 1.77. The normalized spacial score (nSPS) is 11.4. The molecule has 0 saturated carbocycles. The SMILES string of the molecule is CCN(Cc1cccc(C)c1)C(=O)C(C)(C)N. The van der Waals surface area contributed by atoms with Gasteiger partial charge in [0.2, 0.25) is 5.91 Å². The highest BCUT2D eigenvalue weighted by Gasteiger charge is 2.26. The van der Waals surface area contributed by atoms with Crippen LogP contribution in [0.3, 0.4) is 0 Å². The molecule has 94 valence electrons. The van der Waals surface area contributed by atoms with Gasteiger partial charge in [0, 0.05) is 13.1 Å². The summed E-state index contributed by atoms with van der Waals surface area (Å²) in [6.45, 7) is 8.81. The van der Waals surface area contributed by atoms with Crippen molar-refractivity contribution in [3.8, 4) is 0 Å². The number of hydrogen-bond acceptors (Lipinski definition) is 2. The third-order valence-electron chi connectivity index (χ3n) is 2.68. The van der Waals surface area contributed by atoms with Crippen molar-refractivity contribution in [2.24, 2.45) is 5.73 Å². The largest absolute Gasteiger partial charge is 0.337 e. The van der Waals surface area contributed by atoms with Crippen molar-refractivity contribution < 1.29 is 4.79 Å². The number of nitrogens with zero attached hydrogens (tertiary/aromatic N) is 1. The van der Waals surface area contributed by atoms with E-state index in [0.717, 1.165) is 5.56 Å². The zero-order chi connectivity index (χ0) is 13.1. The van der Waals surface area contributed by atoms with Crippen LogP contribution in [0.15, 0.2) is 24.3 Å². The van der Waals surface area contributed by atoms with E-state index < -0.39 is 5.54 Å². The quantitative estimate of drug-likeness (QED) is 0.867. The van der Waals surface area contributed by atoms with E-state index >= 15 is 0 Å². The summed E-state index contributed by atoms with van der Waals surface area (Å²) in [5.41, 5.74) is 7.39. The van der Waals surface area contributed by atoms with E-state index in [4.69, 9.17) is 5.73 Å². The number of carbonyl (C=O) groups is 1. The summed E-state index contributed by atoms with van der Waals surface area (Å²) >= 11 is 0. The molecule has 0 unspecified atom stereocenters. The fraction of sp³-hybridized carbons (Fsp3) is 0.500. The van der Waals surface area contributed by atoms with Crippen LogP contribution < -0.4 is 5.73 Å². The van der Waals surface area contributed by atoms with Gasteiger partial charge in [-0.25, -0.2) is 0 Å². The standard InChI is InChI=1S/C14H22N2O/c1-5-16(13(17)14(3,4)15)10-12-8-6-7-11(2)9-12/h6-9H,5,10,15H2,1-4H3. The van der Waals surface area contributed by atoms with Crippen LogP contribution in [-0.4, -0.2) is 22.9 Å². The molecule has 0 aromatic heterocycles. The van der Waals surface area contributed by atoms with E-state index in [1.807, 2.05) is 19.1 Å². The molecule has 1 aromatic carbocycles. The lowest BCUT2D eigenvalue weighted by molar-refractivity contribution is -0.136. The third-order valence-corrected chi connectivity index (χ3v) is 2.68. The molecular weight excluding hydrogens is 212 g/mol. The molecule has 3 nitrogen and oxygen atoms in total. The first-order valence-electron chi connectivity index (χ1n) is 5.98. The molecule has 3 heteroatoms. The second kappa shape index (κ2) is 5.32. The van der Waals surface area contributed by atoms with Gasteiger partial charge in [-0.15, -0.1) is 0 Å². The second-order valence-electron chi connectivity index (χ2n) is 5.03. The molecule has 0 fully saturated rings. The lowest BCUT2D eigenvalue weighted by Gasteiger charge is -2.28. The van der Waals surface area contributed by atoms with Crippen LogP contribution in [0.5, 0.6) is 0 Å². The molecule has 0 saturated heterocycles. The van der Waals surface area contributed by atoms with Crippen molar-refractivity contribution in [1.29, 1.82) is 0 Å². The van der Waals surface area contributed by atoms with Crippen molar-refractivity contribution in [2.45, 2.75) is 39.8 Å². The molecule has 17 heavy (non-hydrogen) atoms. The number of carbonyl (C=O) groups excluding carboxylic acids is 1. The summed E-state index contributed by atoms with van der Waals surface area (Å²) in [5.74, 6) is -0.0125. The Morgan fingerprint density at radius 2 is 2.06 bits per heavy atom. The first kappa shape index (κ1) is 13.7. The molecule has 0 atom stereocenters. The predicted octanol–water partition coefficient (Wildman–Crippen LogP) is 2.08. The van der Waals surface area contributed by atoms with E-state index in [-0.39, 0.29) is 5.91 Å². The summed E-state index contributed by atoms with van der Waals surface area (Å²) < 4.78 is 0. The Bertz CT molecular complexity index is 393. The summed E-state index contributed by atoms with van der Waals surface area (Å²) in [5, 5.41) is 0. The first-order valence-corrected chi connectivity index (χ1v) is 5.98. The lowest BCUT2D eigenvalue weighted by atomic mass is 10.0. The molecule has 0 aliphatic carbocycles. The van der Waals surface area contributed by atoms with Crippen molar-refractivity contribution in [3.63, 3.8) is 0 Å². The van der Waals surface area contributed by atoms with Gasteiger partial charge in [0.15, 0.2) is 0 Å². The van der Waals surface area contributed by atoms with Crippen LogP contribution in [0, 0.1) is 6.92 Å². The lowest BCUT2D eigenvalue weighted by Crippen LogP contribution is -2.50. The van der Waals surface area contributed by atoms with Gasteiger partial charge in [-0.05, 0) is 33.3 Å². The second-order valence-corrected chi connectivity index (χ2v) is 5.03. The van der Waals surface area contributed by atoms with Gasteiger partial charge >= 0.3 is 0 Å². The number of likely N-dealkylation sites (N-methyl/N-ethyl adjacent to an activating group) is 1. The Kier molecular flexibility index (Phi) is 4.29. The van der Waals surface area contributed by atoms with E-state index in [9.17, 15) is 4.79 Å². The van der Waals surface area contributed by atoms with Gasteiger partial charge in [0.05, 0.1) is 5.54 Å². The van der Waals surface area contributed by atoms with Gasteiger partial charge < -0.3 is 10.6 Å². The number of nitrogens with two attached hydrogens (primary N) is 1. The average molecular weight is 234 g/mol. The van der Waals surface area contributed by atoms with Crippen LogP contribution in [-0.2, 0) is 11.3 Å². The minimum atomic E-state index is -0.806. The molecule has 1 aromatic rings. The number of benzene rings is 1. The summed E-state index contributed by atoms with van der Waals surface area (Å²) in [7, 11) is 0. The zero-order valence-electron chi connectivity index (χ0n) is 11.2. The van der Waals surface area contributed by atoms with E-state index in [0.29, 0.717) is 13.1 Å². The van der Waals surface area contributed by atoms with Crippen LogP contribution in [0.4, 0.5) is 0 Å². The Morgan fingerprint density at radius 1 is 1.41 bits per heavy atom. The zero-order valence-corrected chi connectivity index (χ0v) is 11.2. The number of rotatable bonds is 4. The fourth-order valence-electron chi connectivity index (χ4n) is 1.77. The van der Waals surface area contributed by atoms with Crippen molar-refractivity contribution in [3.05, 3.63) is 35.4 Å². The van der Waals surface area contributed by atoms with Gasteiger partial charge in [-0.3, -0.25) is 4.79 Å². The monoisotopic (exact) mass is 234 g/mol. The minimum absolute atomic E-state index is 0.0125. The maximum absolute atomic E-state index is 12.1. The van der Waals surface area contributed by atoms with Crippen LogP contribution in [0.2, 0.25) is 0 Å². The molecule has 0 radical (unpaired) electrons. The molecule has 0 aliphatic heterocycles. The Hall–Kier alpha value is -1.35. The molecule has 1 amide bonds. The van der Waals surface area contributed by atoms with Gasteiger partial charge in [-0.2, -0.15) is 0 Å². The Morgan fingerprint density at radius 3 is 2.53 bits per heavy atom. The van der Waals surface area contributed by atoms with E-state index in [1.165, 1.54) is 5.56 Å². The number of aryl methyl sites for hydroxylation is 1. The van der Waals surface area contributed by atoms with Gasteiger partial charge in [0.25, 0.3) is 0 Å². The summed E-state index contributed by atoms with van der Waals surface area (Å²) in [4.78, 5) is 13.9. The highest BCUT2D eigenvalue weighted by Crippen LogP contribution is 2.11. The molecular formula is C14H22N2O. The topological polar surface area (TPSA) is 46.3 Å². The van der Waals surface area contributed by atoms with E-state index in [1.54, 1.807) is 18.7 Å². The van der Waals surface area contributed by atoms with Crippen molar-refractivity contribution in [2.75, 3.05) is 6.54 Å². The van der Waals surface area contributed by atoms with Crippen LogP contribution >= 0.6 is 0 Å². The maximum atomic E-state index is 12.1. The number of hydrogen-bond donors (Lipinski definition) is 1. The Labute approximate surface area is 104 Å². The van der Waals surface area contributed by atoms with Crippen molar-refractivity contribution in [1.82, 2.24) is 4.90 Å². The van der Waals surface area contributed by atoms with E-state index in [2.05, 4.69) is 19.1 Å². The summed E-state index contributed by atoms with van der Waals surface area (Å²) in [6, 6.07) is 8.19. The van der Waals surface area contributed by atoms with Crippen LogP contribution in [0.1, 0.15) is 31.9 Å². The smallest absolute Gasteiger partial charge is 0.242 e. The first-order chi connectivity index (χ1) is 7.84. The summed E-state index contributed by atoms with van der Waals surface area (Å²) in [6.07, 6.45) is 0. The minimum Gasteiger partial charge on any atom is -0.337 e. The van der Waals surface area contributed by atoms with Crippen molar-refractivity contribution >= 4 is 5.91 Å². The molecule has 2 N–H and O–H groups in total. The average Bonchev–Trinajstić information content (AvgIpc) is 2.24. The van der Waals surface area contributed by atoms with Gasteiger partial charge in [0.1, 0.15) is 0 Å². The van der Waals surface area contributed by atoms with Crippen LogP contribution in [0.25, 0.3) is 0 Å².